The highest BCUT2D eigenvalue weighted by molar-refractivity contribution is 9.10. The summed E-state index contributed by atoms with van der Waals surface area (Å²) in [7, 11) is 0. The maximum absolute atomic E-state index is 13.4. The fourth-order valence-electron chi connectivity index (χ4n) is 2.47. The van der Waals surface area contributed by atoms with Gasteiger partial charge in [0.1, 0.15) is 5.82 Å². The molecule has 3 rings (SSSR count). The molecule has 0 saturated heterocycles. The van der Waals surface area contributed by atoms with Gasteiger partial charge in [-0.05, 0) is 57.7 Å². The van der Waals surface area contributed by atoms with Gasteiger partial charge in [-0.2, -0.15) is 0 Å². The van der Waals surface area contributed by atoms with Gasteiger partial charge in [0.05, 0.1) is 12.3 Å². The number of nitrogens with zero attached hydrogens (tertiary/aromatic N) is 1. The third-order valence-electron chi connectivity index (χ3n) is 3.43. The smallest absolute Gasteiger partial charge is 0.125 e. The zero-order valence-corrected chi connectivity index (χ0v) is 11.8. The summed E-state index contributed by atoms with van der Waals surface area (Å²) in [6.07, 6.45) is 0.920. The Morgan fingerprint density at radius 2 is 2.00 bits per heavy atom. The van der Waals surface area contributed by atoms with Crippen LogP contribution in [0.3, 0.4) is 0 Å². The first-order valence-electron chi connectivity index (χ1n) is 6.14. The van der Waals surface area contributed by atoms with Crippen LogP contribution in [0.5, 0.6) is 0 Å². The Labute approximate surface area is 119 Å². The SMILES string of the molecule is OCc1ccc(N2CCc3ccc(F)cc32)c(Br)c1. The molecule has 0 saturated carbocycles. The number of aliphatic hydroxyl groups excluding tert-OH is 1. The highest BCUT2D eigenvalue weighted by atomic mass is 79.9. The van der Waals surface area contributed by atoms with Crippen LogP contribution < -0.4 is 4.90 Å². The van der Waals surface area contributed by atoms with Gasteiger partial charge in [-0.3, -0.25) is 0 Å². The average molecular weight is 322 g/mol. The zero-order chi connectivity index (χ0) is 13.4. The van der Waals surface area contributed by atoms with Gasteiger partial charge in [0.2, 0.25) is 0 Å². The van der Waals surface area contributed by atoms with Crippen LogP contribution in [0, 0.1) is 5.82 Å². The molecule has 0 atom stereocenters. The minimum Gasteiger partial charge on any atom is -0.392 e. The summed E-state index contributed by atoms with van der Waals surface area (Å²) in [6.45, 7) is 0.861. The lowest BCUT2D eigenvalue weighted by Crippen LogP contribution is -2.14. The molecule has 1 heterocycles. The third-order valence-corrected chi connectivity index (χ3v) is 4.06. The topological polar surface area (TPSA) is 23.5 Å². The van der Waals surface area contributed by atoms with E-state index in [4.69, 9.17) is 5.11 Å². The Bertz CT molecular complexity index is 630. The number of hydrogen-bond donors (Lipinski definition) is 1. The van der Waals surface area contributed by atoms with Gasteiger partial charge >= 0.3 is 0 Å². The van der Waals surface area contributed by atoms with Crippen LogP contribution in [-0.2, 0) is 13.0 Å². The first-order chi connectivity index (χ1) is 9.19. The predicted molar refractivity (Wildman–Crippen MR) is 77.2 cm³/mol. The number of benzene rings is 2. The molecule has 98 valence electrons. The van der Waals surface area contributed by atoms with E-state index in [9.17, 15) is 4.39 Å². The van der Waals surface area contributed by atoms with Crippen LogP contribution in [0.25, 0.3) is 0 Å². The van der Waals surface area contributed by atoms with Crippen LogP contribution in [0.2, 0.25) is 0 Å². The first-order valence-corrected chi connectivity index (χ1v) is 6.93. The van der Waals surface area contributed by atoms with Crippen LogP contribution in [0.1, 0.15) is 11.1 Å². The van der Waals surface area contributed by atoms with Gasteiger partial charge in [0.25, 0.3) is 0 Å². The number of rotatable bonds is 2. The van der Waals surface area contributed by atoms with E-state index in [1.807, 2.05) is 24.3 Å². The average Bonchev–Trinajstić information content (AvgIpc) is 2.81. The molecule has 1 aliphatic rings. The Balaban J connectivity index is 2.04. The summed E-state index contributed by atoms with van der Waals surface area (Å²) in [5, 5.41) is 9.13. The molecule has 0 spiro atoms. The number of fused-ring (bicyclic) bond motifs is 1. The van der Waals surface area contributed by atoms with Crippen molar-refractivity contribution in [2.24, 2.45) is 0 Å². The van der Waals surface area contributed by atoms with E-state index in [2.05, 4.69) is 20.8 Å². The lowest BCUT2D eigenvalue weighted by molar-refractivity contribution is 0.282. The summed E-state index contributed by atoms with van der Waals surface area (Å²) in [6, 6.07) is 10.7. The van der Waals surface area contributed by atoms with Crippen molar-refractivity contribution in [1.82, 2.24) is 0 Å². The molecule has 2 aromatic carbocycles. The van der Waals surface area contributed by atoms with E-state index in [1.165, 1.54) is 11.6 Å². The monoisotopic (exact) mass is 321 g/mol. The molecule has 0 aromatic heterocycles. The number of aliphatic hydroxyl groups is 1. The molecule has 2 nitrogen and oxygen atoms in total. The molecule has 2 aromatic rings. The second-order valence-corrected chi connectivity index (χ2v) is 5.47. The Kier molecular flexibility index (Phi) is 3.29. The molecule has 19 heavy (non-hydrogen) atoms. The Hall–Kier alpha value is -1.39. The third kappa shape index (κ3) is 2.26. The van der Waals surface area contributed by atoms with Gasteiger partial charge in [-0.15, -0.1) is 0 Å². The van der Waals surface area contributed by atoms with Crippen LogP contribution >= 0.6 is 15.9 Å². The minimum atomic E-state index is -0.214. The molecule has 0 amide bonds. The highest BCUT2D eigenvalue weighted by Gasteiger charge is 2.22. The lowest BCUT2D eigenvalue weighted by Gasteiger charge is -2.21. The highest BCUT2D eigenvalue weighted by Crippen LogP contribution is 2.38. The molecule has 0 bridgehead atoms. The maximum Gasteiger partial charge on any atom is 0.125 e. The number of halogens is 2. The molecule has 0 unspecified atom stereocenters. The van der Waals surface area contributed by atoms with Crippen molar-refractivity contribution >= 4 is 27.3 Å². The van der Waals surface area contributed by atoms with Crippen molar-refractivity contribution in [3.63, 3.8) is 0 Å². The Morgan fingerprint density at radius 1 is 1.16 bits per heavy atom. The van der Waals surface area contributed by atoms with E-state index in [0.29, 0.717) is 0 Å². The fourth-order valence-corrected chi connectivity index (χ4v) is 3.11. The molecule has 0 fully saturated rings. The first kappa shape index (κ1) is 12.6. The fraction of sp³-hybridized carbons (Fsp3) is 0.200. The maximum atomic E-state index is 13.4. The predicted octanol–water partition coefficient (Wildman–Crippen LogP) is 3.77. The second-order valence-electron chi connectivity index (χ2n) is 4.62. The van der Waals surface area contributed by atoms with Crippen molar-refractivity contribution in [2.45, 2.75) is 13.0 Å². The van der Waals surface area contributed by atoms with Crippen molar-refractivity contribution < 1.29 is 9.50 Å². The van der Waals surface area contributed by atoms with E-state index in [-0.39, 0.29) is 12.4 Å². The van der Waals surface area contributed by atoms with E-state index < -0.39 is 0 Å². The van der Waals surface area contributed by atoms with Gasteiger partial charge in [-0.25, -0.2) is 4.39 Å². The van der Waals surface area contributed by atoms with E-state index in [0.717, 1.165) is 34.4 Å². The second kappa shape index (κ2) is 4.94. The van der Waals surface area contributed by atoms with Crippen LogP contribution in [0.15, 0.2) is 40.9 Å². The van der Waals surface area contributed by atoms with Crippen LogP contribution in [0.4, 0.5) is 15.8 Å². The number of hydrogen-bond acceptors (Lipinski definition) is 2. The quantitative estimate of drug-likeness (QED) is 0.910. The molecular weight excluding hydrogens is 309 g/mol. The molecular formula is C15H13BrFNO. The summed E-state index contributed by atoms with van der Waals surface area (Å²) in [4.78, 5) is 2.10. The van der Waals surface area contributed by atoms with Gasteiger partial charge in [-0.1, -0.05) is 12.1 Å². The summed E-state index contributed by atoms with van der Waals surface area (Å²) >= 11 is 3.52. The minimum absolute atomic E-state index is 0.0180. The van der Waals surface area contributed by atoms with Crippen LogP contribution in [-0.4, -0.2) is 11.7 Å². The van der Waals surface area contributed by atoms with Crippen molar-refractivity contribution in [1.29, 1.82) is 0 Å². The van der Waals surface area contributed by atoms with Crippen molar-refractivity contribution in [3.05, 3.63) is 57.8 Å². The van der Waals surface area contributed by atoms with Gasteiger partial charge < -0.3 is 10.0 Å². The van der Waals surface area contributed by atoms with Crippen molar-refractivity contribution in [3.8, 4) is 0 Å². The number of anilines is 2. The standard InChI is InChI=1S/C15H13BrFNO/c16-13-7-10(9-19)1-4-14(13)18-6-5-11-2-3-12(17)8-15(11)18/h1-4,7-8,19H,5-6,9H2. The molecule has 4 heteroatoms. The molecule has 0 radical (unpaired) electrons. The van der Waals surface area contributed by atoms with E-state index in [1.54, 1.807) is 6.07 Å². The summed E-state index contributed by atoms with van der Waals surface area (Å²) < 4.78 is 14.3. The lowest BCUT2D eigenvalue weighted by atomic mass is 10.1. The summed E-state index contributed by atoms with van der Waals surface area (Å²) in [5.74, 6) is -0.214. The molecule has 1 aliphatic heterocycles. The van der Waals surface area contributed by atoms with Gasteiger partial charge in [0, 0.05) is 16.7 Å². The zero-order valence-electron chi connectivity index (χ0n) is 10.2. The largest absolute Gasteiger partial charge is 0.392 e. The Morgan fingerprint density at radius 3 is 2.74 bits per heavy atom. The molecule has 0 aliphatic carbocycles. The van der Waals surface area contributed by atoms with Crippen molar-refractivity contribution in [2.75, 3.05) is 11.4 Å². The molecule has 1 N–H and O–H groups in total. The normalized spacial score (nSPS) is 13.7. The van der Waals surface area contributed by atoms with Gasteiger partial charge in [0.15, 0.2) is 0 Å². The summed E-state index contributed by atoms with van der Waals surface area (Å²) in [5.41, 5.74) is 3.95. The van der Waals surface area contributed by atoms with E-state index >= 15 is 0 Å².